The largest absolute Gasteiger partial charge is 0.349 e. The first-order chi connectivity index (χ1) is 16.2. The van der Waals surface area contributed by atoms with Crippen molar-refractivity contribution in [1.82, 2.24) is 19.9 Å². The molecule has 0 atom stereocenters. The van der Waals surface area contributed by atoms with Crippen LogP contribution in [-0.4, -0.2) is 26.5 Å². The third-order valence-corrected chi connectivity index (χ3v) is 7.21. The van der Waals surface area contributed by atoms with Gasteiger partial charge in [0.05, 0.1) is 6.54 Å². The van der Waals surface area contributed by atoms with Crippen LogP contribution in [0.5, 0.6) is 0 Å². The number of nitrogens with zero attached hydrogens (tertiary/aromatic N) is 3. The first kappa shape index (κ1) is 21.7. The molecule has 1 saturated carbocycles. The maximum Gasteiger partial charge on any atom is 0.251 e. The Kier molecular flexibility index (Phi) is 6.44. The number of hydrogen-bond acceptors (Lipinski definition) is 4. The van der Waals surface area contributed by atoms with Crippen molar-refractivity contribution in [3.8, 4) is 0 Å². The number of hydrogen-bond donors (Lipinski definition) is 1. The monoisotopic (exact) mass is 456 g/mol. The van der Waals surface area contributed by atoms with E-state index in [1.807, 2.05) is 42.6 Å². The first-order valence-electron chi connectivity index (χ1n) is 11.5. The summed E-state index contributed by atoms with van der Waals surface area (Å²) in [7, 11) is 0. The highest BCUT2D eigenvalue weighted by Crippen LogP contribution is 2.27. The fourth-order valence-corrected chi connectivity index (χ4v) is 5.38. The number of rotatable bonds is 7. The van der Waals surface area contributed by atoms with Crippen LogP contribution in [0, 0.1) is 6.92 Å². The lowest BCUT2D eigenvalue weighted by Gasteiger charge is -2.12. The molecule has 1 aliphatic carbocycles. The van der Waals surface area contributed by atoms with E-state index in [4.69, 9.17) is 4.98 Å². The molecule has 1 fully saturated rings. The molecule has 168 valence electrons. The van der Waals surface area contributed by atoms with E-state index < -0.39 is 0 Å². The quantitative estimate of drug-likeness (QED) is 0.360. The molecule has 0 spiro atoms. The Morgan fingerprint density at radius 1 is 1.06 bits per heavy atom. The zero-order valence-electron chi connectivity index (χ0n) is 18.8. The van der Waals surface area contributed by atoms with Crippen LogP contribution < -0.4 is 5.32 Å². The molecule has 2 aromatic heterocycles. The van der Waals surface area contributed by atoms with Gasteiger partial charge < -0.3 is 5.32 Å². The van der Waals surface area contributed by atoms with Gasteiger partial charge in [0.1, 0.15) is 5.52 Å². The summed E-state index contributed by atoms with van der Waals surface area (Å²) in [6.07, 6.45) is 6.44. The average molecular weight is 457 g/mol. The van der Waals surface area contributed by atoms with Crippen LogP contribution in [0.25, 0.3) is 11.2 Å². The molecule has 0 radical (unpaired) electrons. The van der Waals surface area contributed by atoms with Crippen LogP contribution >= 0.6 is 11.8 Å². The van der Waals surface area contributed by atoms with E-state index in [1.165, 1.54) is 29.5 Å². The minimum absolute atomic E-state index is 0.0344. The number of benzene rings is 2. The number of aromatic nitrogens is 3. The van der Waals surface area contributed by atoms with Gasteiger partial charge in [-0.25, -0.2) is 9.97 Å². The molecule has 0 aliphatic heterocycles. The lowest BCUT2D eigenvalue weighted by atomic mass is 10.1. The summed E-state index contributed by atoms with van der Waals surface area (Å²) in [6, 6.07) is 20.8. The molecule has 0 saturated heterocycles. The van der Waals surface area contributed by atoms with Gasteiger partial charge in [-0.3, -0.25) is 9.36 Å². The topological polar surface area (TPSA) is 59.8 Å². The van der Waals surface area contributed by atoms with Gasteiger partial charge >= 0.3 is 0 Å². The van der Waals surface area contributed by atoms with Crippen molar-refractivity contribution in [2.24, 2.45) is 0 Å². The predicted octanol–water partition coefficient (Wildman–Crippen LogP) is 5.75. The summed E-state index contributed by atoms with van der Waals surface area (Å²) < 4.78 is 2.19. The second-order valence-electron chi connectivity index (χ2n) is 8.76. The van der Waals surface area contributed by atoms with Gasteiger partial charge in [0.25, 0.3) is 5.91 Å². The van der Waals surface area contributed by atoms with Crippen molar-refractivity contribution in [2.45, 2.75) is 56.1 Å². The van der Waals surface area contributed by atoms with E-state index in [1.54, 1.807) is 11.8 Å². The average Bonchev–Trinajstić information content (AvgIpc) is 3.46. The fourth-order valence-electron chi connectivity index (χ4n) is 4.42. The Labute approximate surface area is 198 Å². The normalized spacial score (nSPS) is 14.1. The molecule has 1 amide bonds. The Hall–Kier alpha value is -3.12. The number of aryl methyl sites for hydroxylation is 1. The minimum Gasteiger partial charge on any atom is -0.349 e. The Morgan fingerprint density at radius 3 is 2.67 bits per heavy atom. The van der Waals surface area contributed by atoms with Crippen LogP contribution in [0.3, 0.4) is 0 Å². The summed E-state index contributed by atoms with van der Waals surface area (Å²) in [6.45, 7) is 2.85. The highest BCUT2D eigenvalue weighted by molar-refractivity contribution is 7.98. The molecular formula is C27H28N4OS. The lowest BCUT2D eigenvalue weighted by molar-refractivity contribution is 0.0938. The molecule has 1 N–H and O–H groups in total. The number of carbonyl (C=O) groups excluding carboxylic acids is 1. The van der Waals surface area contributed by atoms with E-state index >= 15 is 0 Å². The molecule has 0 bridgehead atoms. The van der Waals surface area contributed by atoms with Crippen LogP contribution in [-0.2, 0) is 12.3 Å². The Balaban J connectivity index is 1.30. The predicted molar refractivity (Wildman–Crippen MR) is 134 cm³/mol. The van der Waals surface area contributed by atoms with Gasteiger partial charge in [0, 0.05) is 23.6 Å². The van der Waals surface area contributed by atoms with Gasteiger partial charge in [0.15, 0.2) is 10.8 Å². The number of carbonyl (C=O) groups is 1. The standard InChI is InChI=1S/C27H28N4OS/c1-19-6-4-7-21(16-19)17-31-25-24(10-5-15-28-25)30-27(31)33-18-20-11-13-22(14-12-20)26(32)29-23-8-2-3-9-23/h4-7,10-16,23H,2-3,8-9,17-18H2,1H3,(H,29,32). The van der Waals surface area contributed by atoms with Crippen LogP contribution in [0.4, 0.5) is 0 Å². The van der Waals surface area contributed by atoms with Crippen molar-refractivity contribution in [2.75, 3.05) is 0 Å². The third-order valence-electron chi connectivity index (χ3n) is 6.17. The van der Waals surface area contributed by atoms with Crippen molar-refractivity contribution < 1.29 is 4.79 Å². The molecule has 1 aliphatic rings. The SMILES string of the molecule is Cc1cccc(Cn2c(SCc3ccc(C(=O)NC4CCCC4)cc3)nc3cccnc32)c1. The molecule has 5 rings (SSSR count). The number of pyridine rings is 1. The maximum atomic E-state index is 12.5. The molecule has 33 heavy (non-hydrogen) atoms. The zero-order valence-corrected chi connectivity index (χ0v) is 19.6. The number of fused-ring (bicyclic) bond motifs is 1. The summed E-state index contributed by atoms with van der Waals surface area (Å²) in [5.41, 5.74) is 6.19. The highest BCUT2D eigenvalue weighted by atomic mass is 32.2. The van der Waals surface area contributed by atoms with Crippen LogP contribution in [0.15, 0.2) is 72.0 Å². The lowest BCUT2D eigenvalue weighted by Crippen LogP contribution is -2.32. The van der Waals surface area contributed by atoms with Gasteiger partial charge in [0.2, 0.25) is 0 Å². The van der Waals surface area contributed by atoms with E-state index in [0.717, 1.165) is 47.0 Å². The number of imidazole rings is 1. The van der Waals surface area contributed by atoms with Gasteiger partial charge in [-0.15, -0.1) is 0 Å². The van der Waals surface area contributed by atoms with Crippen molar-refractivity contribution in [3.05, 3.63) is 89.1 Å². The third kappa shape index (κ3) is 5.11. The molecule has 4 aromatic rings. The molecular weight excluding hydrogens is 428 g/mol. The minimum atomic E-state index is 0.0344. The summed E-state index contributed by atoms with van der Waals surface area (Å²) in [5, 5.41) is 4.11. The fraction of sp³-hybridized carbons (Fsp3) is 0.296. The molecule has 5 nitrogen and oxygen atoms in total. The number of thioether (sulfide) groups is 1. The molecule has 2 heterocycles. The van der Waals surface area contributed by atoms with E-state index in [0.29, 0.717) is 6.04 Å². The summed E-state index contributed by atoms with van der Waals surface area (Å²) in [4.78, 5) is 21.9. The van der Waals surface area contributed by atoms with Crippen molar-refractivity contribution in [3.63, 3.8) is 0 Å². The number of amides is 1. The van der Waals surface area contributed by atoms with Gasteiger partial charge in [-0.2, -0.15) is 0 Å². The van der Waals surface area contributed by atoms with E-state index in [-0.39, 0.29) is 5.91 Å². The van der Waals surface area contributed by atoms with Gasteiger partial charge in [-0.1, -0.05) is 66.6 Å². The summed E-state index contributed by atoms with van der Waals surface area (Å²) >= 11 is 1.70. The summed E-state index contributed by atoms with van der Waals surface area (Å²) in [5.74, 6) is 0.814. The second-order valence-corrected chi connectivity index (χ2v) is 9.70. The maximum absolute atomic E-state index is 12.5. The second kappa shape index (κ2) is 9.79. The molecule has 2 aromatic carbocycles. The smallest absolute Gasteiger partial charge is 0.251 e. The Morgan fingerprint density at radius 2 is 1.88 bits per heavy atom. The molecule has 6 heteroatoms. The molecule has 0 unspecified atom stereocenters. The van der Waals surface area contributed by atoms with E-state index in [2.05, 4.69) is 46.1 Å². The van der Waals surface area contributed by atoms with Gasteiger partial charge in [-0.05, 0) is 55.2 Å². The van der Waals surface area contributed by atoms with Crippen molar-refractivity contribution >= 4 is 28.8 Å². The van der Waals surface area contributed by atoms with Crippen LogP contribution in [0.2, 0.25) is 0 Å². The van der Waals surface area contributed by atoms with Crippen molar-refractivity contribution in [1.29, 1.82) is 0 Å². The zero-order chi connectivity index (χ0) is 22.6. The number of nitrogens with one attached hydrogen (secondary N) is 1. The van der Waals surface area contributed by atoms with E-state index in [9.17, 15) is 4.79 Å². The van der Waals surface area contributed by atoms with Crippen LogP contribution in [0.1, 0.15) is 52.7 Å². The Bertz CT molecular complexity index is 1260. The highest BCUT2D eigenvalue weighted by Gasteiger charge is 2.18. The first-order valence-corrected chi connectivity index (χ1v) is 12.5.